The highest BCUT2D eigenvalue weighted by atomic mass is 16.5. The molecule has 1 aromatic rings. The molecule has 1 saturated heterocycles. The van der Waals surface area contributed by atoms with E-state index in [1.54, 1.807) is 19.2 Å². The van der Waals surface area contributed by atoms with Gasteiger partial charge in [0.25, 0.3) is 5.91 Å². The van der Waals surface area contributed by atoms with Gasteiger partial charge in [0.15, 0.2) is 5.82 Å². The van der Waals surface area contributed by atoms with E-state index < -0.39 is 0 Å². The van der Waals surface area contributed by atoms with Crippen molar-refractivity contribution in [3.05, 3.63) is 35.3 Å². The van der Waals surface area contributed by atoms with Crippen LogP contribution in [0.15, 0.2) is 34.7 Å². The van der Waals surface area contributed by atoms with Gasteiger partial charge in [-0.1, -0.05) is 12.8 Å². The van der Waals surface area contributed by atoms with Crippen LogP contribution < -0.4 is 15.4 Å². The number of carbonyl (C=O) groups is 2. The Morgan fingerprint density at radius 2 is 2.03 bits per heavy atom. The minimum absolute atomic E-state index is 0.0447. The molecule has 3 N–H and O–H groups in total. The van der Waals surface area contributed by atoms with Crippen LogP contribution in [0, 0.1) is 0 Å². The third kappa shape index (κ3) is 5.36. The molecule has 2 fully saturated rings. The maximum Gasteiger partial charge on any atom is 0.309 e. The van der Waals surface area contributed by atoms with Crippen molar-refractivity contribution < 1.29 is 28.7 Å². The van der Waals surface area contributed by atoms with Crippen LogP contribution in [0.25, 0.3) is 0 Å². The van der Waals surface area contributed by atoms with Crippen LogP contribution in [0.3, 0.4) is 0 Å². The summed E-state index contributed by atoms with van der Waals surface area (Å²) in [6.45, 7) is 4.22. The van der Waals surface area contributed by atoms with E-state index in [1.165, 1.54) is 12.8 Å². The third-order valence-electron chi connectivity index (χ3n) is 8.00. The van der Waals surface area contributed by atoms with Crippen LogP contribution in [0.2, 0.25) is 0 Å². The number of quaternary nitrogens is 1. The van der Waals surface area contributed by atoms with E-state index in [0.29, 0.717) is 48.0 Å². The number of anilines is 1. The second-order valence-electron chi connectivity index (χ2n) is 10.4. The molecule has 3 aliphatic heterocycles. The molecule has 0 radical (unpaired) electrons. The number of carbonyl (C=O) groups excluding carboxylic acids is 2. The number of aliphatic hydroxyl groups excluding tert-OH is 1. The second-order valence-corrected chi connectivity index (χ2v) is 10.4. The fourth-order valence-electron chi connectivity index (χ4n) is 5.60. The van der Waals surface area contributed by atoms with E-state index in [-0.39, 0.29) is 25.0 Å². The van der Waals surface area contributed by atoms with Gasteiger partial charge in [-0.05, 0) is 31.0 Å². The monoisotopic (exact) mass is 527 g/mol. The Bertz CT molecular complexity index is 1120. The van der Waals surface area contributed by atoms with Gasteiger partial charge in [-0.25, -0.2) is 4.48 Å². The molecule has 1 aliphatic carbocycles. The molecule has 11 nitrogen and oxygen atoms in total. The summed E-state index contributed by atoms with van der Waals surface area (Å²) in [5.41, 5.74) is 2.24. The number of nitrogens with one attached hydrogen (secondary N) is 2. The maximum absolute atomic E-state index is 12.8. The number of benzene rings is 1. The summed E-state index contributed by atoms with van der Waals surface area (Å²) in [4.78, 5) is 34.9. The van der Waals surface area contributed by atoms with Crippen molar-refractivity contribution in [2.75, 3.05) is 72.0 Å². The molecule has 2 amide bonds. The summed E-state index contributed by atoms with van der Waals surface area (Å²) in [6, 6.07) is 5.75. The maximum atomic E-state index is 12.8. The van der Waals surface area contributed by atoms with E-state index in [2.05, 4.69) is 15.5 Å². The van der Waals surface area contributed by atoms with Gasteiger partial charge in [0.2, 0.25) is 5.91 Å². The van der Waals surface area contributed by atoms with Crippen LogP contribution in [0.1, 0.15) is 42.5 Å². The average Bonchev–Trinajstić information content (AvgIpc) is 3.52. The van der Waals surface area contributed by atoms with Crippen molar-refractivity contribution in [2.24, 2.45) is 4.99 Å². The van der Waals surface area contributed by atoms with Crippen molar-refractivity contribution in [3.8, 4) is 5.75 Å². The fraction of sp³-hybridized carbons (Fsp3) is 0.593. The van der Waals surface area contributed by atoms with E-state index in [9.17, 15) is 9.59 Å². The average molecular weight is 528 g/mol. The normalized spacial score (nSPS) is 20.8. The van der Waals surface area contributed by atoms with E-state index in [4.69, 9.17) is 19.6 Å². The highest BCUT2D eigenvalue weighted by Crippen LogP contribution is 2.38. The quantitative estimate of drug-likeness (QED) is 0.252. The molecule has 1 spiro atoms. The minimum atomic E-state index is -0.222. The second kappa shape index (κ2) is 11.3. The van der Waals surface area contributed by atoms with Gasteiger partial charge < -0.3 is 29.7 Å². The van der Waals surface area contributed by atoms with Crippen LogP contribution in [-0.4, -0.2) is 110 Å². The van der Waals surface area contributed by atoms with Gasteiger partial charge in [-0.2, -0.15) is 4.99 Å². The Balaban J connectivity index is 1.38. The summed E-state index contributed by atoms with van der Waals surface area (Å²) in [5.74, 6) is 2.26. The lowest BCUT2D eigenvalue weighted by Crippen LogP contribution is -2.48. The Morgan fingerprint density at radius 1 is 1.24 bits per heavy atom. The number of guanidine groups is 1. The number of rotatable bonds is 9. The molecular formula is C27H39N6O5+. The molecule has 11 heteroatoms. The predicted molar refractivity (Wildman–Crippen MR) is 143 cm³/mol. The fourth-order valence-corrected chi connectivity index (χ4v) is 5.60. The van der Waals surface area contributed by atoms with Gasteiger partial charge in [-0.3, -0.25) is 14.9 Å². The summed E-state index contributed by atoms with van der Waals surface area (Å²) >= 11 is 0. The highest BCUT2D eigenvalue weighted by molar-refractivity contribution is 5.97. The standard InChI is InChI=1S/C27H38N6O5/c1-31-22-18-33(12-13-33)27(30-25(22)32(11-9-24(31)35)20-5-3-4-6-20)29-21-8-7-19(17-23(21)37-2)26(36)28-10-15-38-16-14-34/h7-8,17,20,34H,3-6,9-16,18H2,1-2H3,(H-,28,29,30,36)/p+1. The Kier molecular flexibility index (Phi) is 7.87. The number of methoxy groups -OCH3 is 1. The van der Waals surface area contributed by atoms with E-state index >= 15 is 0 Å². The predicted octanol–water partition coefficient (Wildman–Crippen LogP) is 1.32. The van der Waals surface area contributed by atoms with Crippen molar-refractivity contribution in [3.63, 3.8) is 0 Å². The number of aliphatic imine (C=N–C) groups is 1. The van der Waals surface area contributed by atoms with Gasteiger partial charge in [0, 0.05) is 38.2 Å². The SMILES string of the molecule is COc1cc(C(=O)NCCOCCO)ccc1NC1=NC2=C(C[N+]13CC3)N(C)C(=O)CCN2C1CCCC1. The largest absolute Gasteiger partial charge is 0.495 e. The van der Waals surface area contributed by atoms with Gasteiger partial charge in [0.1, 0.15) is 31.1 Å². The summed E-state index contributed by atoms with van der Waals surface area (Å²) in [6.07, 6.45) is 5.21. The molecule has 1 aromatic carbocycles. The molecule has 0 bridgehead atoms. The zero-order valence-corrected chi connectivity index (χ0v) is 22.4. The van der Waals surface area contributed by atoms with Crippen LogP contribution in [0.5, 0.6) is 5.75 Å². The number of likely N-dealkylation sites (N-methyl/N-ethyl adjacent to an activating group) is 1. The Morgan fingerprint density at radius 3 is 2.74 bits per heavy atom. The van der Waals surface area contributed by atoms with Crippen LogP contribution in [-0.2, 0) is 9.53 Å². The number of hydrogen-bond donors (Lipinski definition) is 3. The molecule has 5 rings (SSSR count). The first kappa shape index (κ1) is 26.5. The first-order valence-corrected chi connectivity index (χ1v) is 13.6. The number of amides is 2. The molecule has 4 aliphatic rings. The van der Waals surface area contributed by atoms with Crippen LogP contribution in [0.4, 0.5) is 5.69 Å². The molecule has 0 unspecified atom stereocenters. The smallest absolute Gasteiger partial charge is 0.309 e. The Labute approximate surface area is 223 Å². The summed E-state index contributed by atoms with van der Waals surface area (Å²) in [7, 11) is 3.47. The van der Waals surface area contributed by atoms with Crippen LogP contribution >= 0.6 is 0 Å². The zero-order chi connectivity index (χ0) is 26.7. The summed E-state index contributed by atoms with van der Waals surface area (Å²) < 4.78 is 11.5. The van der Waals surface area contributed by atoms with Gasteiger partial charge >= 0.3 is 5.96 Å². The number of hydrogen-bond acceptors (Lipinski definition) is 8. The molecule has 38 heavy (non-hydrogen) atoms. The molecular weight excluding hydrogens is 488 g/mol. The molecule has 1 saturated carbocycles. The van der Waals surface area contributed by atoms with Crippen molar-refractivity contribution in [1.82, 2.24) is 15.1 Å². The Hall–Kier alpha value is -3.15. The first-order chi connectivity index (χ1) is 18.5. The number of nitrogens with zero attached hydrogens (tertiary/aromatic N) is 4. The first-order valence-electron chi connectivity index (χ1n) is 13.6. The van der Waals surface area contributed by atoms with Crippen molar-refractivity contribution in [1.29, 1.82) is 0 Å². The number of aliphatic hydroxyl groups is 1. The van der Waals surface area contributed by atoms with Crippen molar-refractivity contribution >= 4 is 23.5 Å². The summed E-state index contributed by atoms with van der Waals surface area (Å²) in [5, 5.41) is 15.1. The van der Waals surface area contributed by atoms with Gasteiger partial charge in [-0.15, -0.1) is 0 Å². The lowest BCUT2D eigenvalue weighted by atomic mass is 10.1. The minimum Gasteiger partial charge on any atom is -0.495 e. The number of ether oxygens (including phenoxy) is 2. The third-order valence-corrected chi connectivity index (χ3v) is 8.00. The highest BCUT2D eigenvalue weighted by Gasteiger charge is 2.54. The lowest BCUT2D eigenvalue weighted by Gasteiger charge is -2.35. The lowest BCUT2D eigenvalue weighted by molar-refractivity contribution is -0.696. The van der Waals surface area contributed by atoms with Crippen molar-refractivity contribution in [2.45, 2.75) is 38.1 Å². The zero-order valence-electron chi connectivity index (χ0n) is 22.4. The van der Waals surface area contributed by atoms with Gasteiger partial charge in [0.05, 0.1) is 32.6 Å². The van der Waals surface area contributed by atoms with E-state index in [1.807, 2.05) is 18.0 Å². The molecule has 206 valence electrons. The van der Waals surface area contributed by atoms with E-state index in [0.717, 1.165) is 55.6 Å². The molecule has 0 atom stereocenters. The topological polar surface area (TPSA) is 116 Å². The molecule has 0 aromatic heterocycles. The molecule has 3 heterocycles.